The molecule has 6 nitrogen and oxygen atoms in total. The molecule has 0 spiro atoms. The number of nitrogens with zero attached hydrogens (tertiary/aromatic N) is 4. The van der Waals surface area contributed by atoms with E-state index in [1.165, 1.54) is 11.8 Å². The highest BCUT2D eigenvalue weighted by molar-refractivity contribution is 7.99. The smallest absolute Gasteiger partial charge is 0.234 e. The van der Waals surface area contributed by atoms with Gasteiger partial charge in [0, 0.05) is 35.2 Å². The van der Waals surface area contributed by atoms with E-state index < -0.39 is 0 Å². The molecule has 3 rings (SSSR count). The number of amides is 1. The minimum Gasteiger partial charge on any atom is -0.325 e. The molecule has 0 aliphatic heterocycles. The molecule has 0 radical (unpaired) electrons. The monoisotopic (exact) mass is 387 g/mol. The SMILES string of the molecule is CCn1c(SCC(=O)Nc2ccc(C)c(Cl)c2)nnc1-c1ccncc1. The number of aromatic nitrogens is 4. The van der Waals surface area contributed by atoms with E-state index in [1.54, 1.807) is 18.5 Å². The van der Waals surface area contributed by atoms with Crippen LogP contribution in [0.25, 0.3) is 11.4 Å². The highest BCUT2D eigenvalue weighted by Crippen LogP contribution is 2.24. The fraction of sp³-hybridized carbons (Fsp3) is 0.222. The molecule has 0 bridgehead atoms. The number of hydrogen-bond donors (Lipinski definition) is 1. The summed E-state index contributed by atoms with van der Waals surface area (Å²) >= 11 is 7.44. The molecular formula is C18H18ClN5OS. The van der Waals surface area contributed by atoms with Gasteiger partial charge in [-0.25, -0.2) is 0 Å². The summed E-state index contributed by atoms with van der Waals surface area (Å²) in [6, 6.07) is 9.23. The Morgan fingerprint density at radius 1 is 1.23 bits per heavy atom. The molecule has 0 aliphatic carbocycles. The number of nitrogens with one attached hydrogen (secondary N) is 1. The van der Waals surface area contributed by atoms with Crippen molar-refractivity contribution >= 4 is 35.0 Å². The third kappa shape index (κ3) is 4.23. The Bertz CT molecular complexity index is 913. The number of aryl methyl sites for hydroxylation is 1. The number of rotatable bonds is 6. The molecule has 2 aromatic heterocycles. The largest absolute Gasteiger partial charge is 0.325 e. The summed E-state index contributed by atoms with van der Waals surface area (Å²) in [5, 5.41) is 12.7. The van der Waals surface area contributed by atoms with Crippen molar-refractivity contribution in [3.8, 4) is 11.4 Å². The molecule has 3 aromatic rings. The fourth-order valence-corrected chi connectivity index (χ4v) is 3.38. The Kier molecular flexibility index (Phi) is 5.90. The van der Waals surface area contributed by atoms with Crippen LogP contribution in [-0.2, 0) is 11.3 Å². The molecule has 1 aromatic carbocycles. The van der Waals surface area contributed by atoms with Crippen molar-refractivity contribution in [1.82, 2.24) is 19.7 Å². The van der Waals surface area contributed by atoms with E-state index in [1.807, 2.05) is 42.7 Å². The molecule has 0 atom stereocenters. The second-order valence-electron chi connectivity index (χ2n) is 5.59. The molecule has 26 heavy (non-hydrogen) atoms. The van der Waals surface area contributed by atoms with E-state index >= 15 is 0 Å². The number of benzene rings is 1. The number of pyridine rings is 1. The Hall–Kier alpha value is -2.38. The number of carbonyl (C=O) groups excluding carboxylic acids is 1. The topological polar surface area (TPSA) is 72.7 Å². The summed E-state index contributed by atoms with van der Waals surface area (Å²) in [7, 11) is 0. The first-order valence-corrected chi connectivity index (χ1v) is 9.47. The lowest BCUT2D eigenvalue weighted by Crippen LogP contribution is -2.14. The van der Waals surface area contributed by atoms with Gasteiger partial charge in [-0.3, -0.25) is 9.78 Å². The summed E-state index contributed by atoms with van der Waals surface area (Å²) in [5.41, 5.74) is 2.60. The molecule has 2 heterocycles. The maximum atomic E-state index is 12.2. The van der Waals surface area contributed by atoms with Gasteiger partial charge in [0.05, 0.1) is 5.75 Å². The van der Waals surface area contributed by atoms with Crippen LogP contribution in [0.5, 0.6) is 0 Å². The average molecular weight is 388 g/mol. The van der Waals surface area contributed by atoms with Crippen molar-refractivity contribution < 1.29 is 4.79 Å². The van der Waals surface area contributed by atoms with Gasteiger partial charge >= 0.3 is 0 Å². The van der Waals surface area contributed by atoms with E-state index in [0.717, 1.165) is 17.0 Å². The highest BCUT2D eigenvalue weighted by Gasteiger charge is 2.14. The normalized spacial score (nSPS) is 10.7. The van der Waals surface area contributed by atoms with Crippen molar-refractivity contribution in [2.24, 2.45) is 0 Å². The zero-order valence-corrected chi connectivity index (χ0v) is 16.0. The maximum Gasteiger partial charge on any atom is 0.234 e. The van der Waals surface area contributed by atoms with Gasteiger partial charge in [-0.1, -0.05) is 29.4 Å². The molecule has 0 saturated carbocycles. The van der Waals surface area contributed by atoms with Gasteiger partial charge in [0.1, 0.15) is 0 Å². The lowest BCUT2D eigenvalue weighted by atomic mass is 10.2. The minimum atomic E-state index is -0.119. The molecule has 0 saturated heterocycles. The molecule has 0 unspecified atom stereocenters. The van der Waals surface area contributed by atoms with Crippen LogP contribution in [-0.4, -0.2) is 31.4 Å². The Balaban J connectivity index is 1.67. The Labute approximate surface area is 161 Å². The fourth-order valence-electron chi connectivity index (χ4n) is 2.39. The summed E-state index contributed by atoms with van der Waals surface area (Å²) in [6.07, 6.45) is 3.44. The summed E-state index contributed by atoms with van der Waals surface area (Å²) in [4.78, 5) is 16.2. The second-order valence-corrected chi connectivity index (χ2v) is 6.94. The van der Waals surface area contributed by atoms with Crippen LogP contribution >= 0.6 is 23.4 Å². The minimum absolute atomic E-state index is 0.119. The standard InChI is InChI=1S/C18H18ClN5OS/c1-3-24-17(13-6-8-20-9-7-13)22-23-18(24)26-11-16(25)21-14-5-4-12(2)15(19)10-14/h4-10H,3,11H2,1-2H3,(H,21,25). The van der Waals surface area contributed by atoms with Crippen LogP contribution in [0, 0.1) is 6.92 Å². The lowest BCUT2D eigenvalue weighted by molar-refractivity contribution is -0.113. The van der Waals surface area contributed by atoms with Crippen molar-refractivity contribution in [1.29, 1.82) is 0 Å². The third-order valence-electron chi connectivity index (χ3n) is 3.76. The van der Waals surface area contributed by atoms with Crippen LogP contribution in [0.1, 0.15) is 12.5 Å². The lowest BCUT2D eigenvalue weighted by Gasteiger charge is -2.08. The number of anilines is 1. The highest BCUT2D eigenvalue weighted by atomic mass is 35.5. The molecule has 0 aliphatic rings. The van der Waals surface area contributed by atoms with Crippen LogP contribution < -0.4 is 5.32 Å². The molecular weight excluding hydrogens is 370 g/mol. The van der Waals surface area contributed by atoms with E-state index in [-0.39, 0.29) is 11.7 Å². The predicted octanol–water partition coefficient (Wildman–Crippen LogP) is 4.05. The molecule has 0 fully saturated rings. The first-order chi connectivity index (χ1) is 12.6. The van der Waals surface area contributed by atoms with Crippen LogP contribution in [0.2, 0.25) is 5.02 Å². The molecule has 8 heteroatoms. The first-order valence-electron chi connectivity index (χ1n) is 8.11. The summed E-state index contributed by atoms with van der Waals surface area (Å²) < 4.78 is 1.98. The van der Waals surface area contributed by atoms with E-state index in [9.17, 15) is 4.79 Å². The first kappa shape index (κ1) is 18.4. The average Bonchev–Trinajstić information content (AvgIpc) is 3.07. The van der Waals surface area contributed by atoms with Gasteiger partial charge < -0.3 is 9.88 Å². The quantitative estimate of drug-likeness (QED) is 0.646. The van der Waals surface area contributed by atoms with Crippen LogP contribution in [0.3, 0.4) is 0 Å². The van der Waals surface area contributed by atoms with Crippen molar-refractivity contribution in [2.45, 2.75) is 25.5 Å². The summed E-state index contributed by atoms with van der Waals surface area (Å²) in [5.74, 6) is 0.883. The predicted molar refractivity (Wildman–Crippen MR) is 104 cm³/mol. The van der Waals surface area contributed by atoms with E-state index in [4.69, 9.17) is 11.6 Å². The van der Waals surface area contributed by atoms with Gasteiger partial charge in [-0.2, -0.15) is 0 Å². The van der Waals surface area contributed by atoms with E-state index in [2.05, 4.69) is 20.5 Å². The molecule has 1 N–H and O–H groups in total. The van der Waals surface area contributed by atoms with Crippen molar-refractivity contribution in [2.75, 3.05) is 11.1 Å². The van der Waals surface area contributed by atoms with Crippen molar-refractivity contribution in [3.05, 3.63) is 53.3 Å². The van der Waals surface area contributed by atoms with Gasteiger partial charge in [0.15, 0.2) is 11.0 Å². The summed E-state index contributed by atoms with van der Waals surface area (Å²) in [6.45, 7) is 4.65. The zero-order chi connectivity index (χ0) is 18.5. The Morgan fingerprint density at radius 3 is 2.69 bits per heavy atom. The third-order valence-corrected chi connectivity index (χ3v) is 5.13. The number of halogens is 1. The van der Waals surface area contributed by atoms with Gasteiger partial charge in [0.2, 0.25) is 5.91 Å². The van der Waals surface area contributed by atoms with Crippen molar-refractivity contribution in [3.63, 3.8) is 0 Å². The van der Waals surface area contributed by atoms with E-state index in [0.29, 0.717) is 22.4 Å². The van der Waals surface area contributed by atoms with Gasteiger partial charge in [0.25, 0.3) is 0 Å². The van der Waals surface area contributed by atoms with Crippen LogP contribution in [0.4, 0.5) is 5.69 Å². The number of carbonyl (C=O) groups is 1. The zero-order valence-electron chi connectivity index (χ0n) is 14.4. The number of thioether (sulfide) groups is 1. The number of hydrogen-bond acceptors (Lipinski definition) is 5. The molecule has 1 amide bonds. The van der Waals surface area contributed by atoms with Gasteiger partial charge in [-0.05, 0) is 43.7 Å². The molecule has 134 valence electrons. The van der Waals surface area contributed by atoms with Crippen LogP contribution in [0.15, 0.2) is 47.9 Å². The maximum absolute atomic E-state index is 12.2. The Morgan fingerprint density at radius 2 is 2.00 bits per heavy atom. The van der Waals surface area contributed by atoms with Gasteiger partial charge in [-0.15, -0.1) is 10.2 Å². The second kappa shape index (κ2) is 8.33.